The lowest BCUT2D eigenvalue weighted by Gasteiger charge is -2.13. The highest BCUT2D eigenvalue weighted by Gasteiger charge is 2.31. The molecule has 0 aliphatic carbocycles. The van der Waals surface area contributed by atoms with E-state index in [-0.39, 0.29) is 4.99 Å². The number of amides is 1. The van der Waals surface area contributed by atoms with Crippen LogP contribution in [-0.4, -0.2) is 10.9 Å². The van der Waals surface area contributed by atoms with Gasteiger partial charge >= 0.3 is 6.18 Å². The summed E-state index contributed by atoms with van der Waals surface area (Å²) in [4.78, 5) is 11.4. The normalized spacial score (nSPS) is 12.9. The summed E-state index contributed by atoms with van der Waals surface area (Å²) in [7, 11) is 0. The molecular formula is C11H10F4N2OS. The number of benzene rings is 1. The molecule has 0 heterocycles. The monoisotopic (exact) mass is 294 g/mol. The maximum absolute atomic E-state index is 13.3. The molecule has 0 aromatic heterocycles. The maximum Gasteiger partial charge on any atom is 0.416 e. The van der Waals surface area contributed by atoms with Crippen LogP contribution in [0.15, 0.2) is 18.2 Å². The van der Waals surface area contributed by atoms with Crippen molar-refractivity contribution in [2.24, 2.45) is 11.7 Å². The van der Waals surface area contributed by atoms with Crippen molar-refractivity contribution in [2.45, 2.75) is 13.1 Å². The summed E-state index contributed by atoms with van der Waals surface area (Å²) in [6.07, 6.45) is -4.62. The molecule has 0 saturated carbocycles. The second-order valence-corrected chi connectivity index (χ2v) is 4.28. The molecule has 3 N–H and O–H groups in total. The van der Waals surface area contributed by atoms with Gasteiger partial charge in [0.2, 0.25) is 5.91 Å². The molecule has 19 heavy (non-hydrogen) atoms. The van der Waals surface area contributed by atoms with Gasteiger partial charge in [0, 0.05) is 0 Å². The smallest absolute Gasteiger partial charge is 0.393 e. The number of carbonyl (C=O) groups excluding carboxylic acids is 1. The average Bonchev–Trinajstić information content (AvgIpc) is 2.29. The minimum absolute atomic E-state index is 0.134. The highest BCUT2D eigenvalue weighted by molar-refractivity contribution is 7.80. The second kappa shape index (κ2) is 5.52. The summed E-state index contributed by atoms with van der Waals surface area (Å²) in [5, 5.41) is 2.02. The van der Waals surface area contributed by atoms with Crippen LogP contribution in [0.5, 0.6) is 0 Å². The van der Waals surface area contributed by atoms with E-state index in [9.17, 15) is 22.4 Å². The van der Waals surface area contributed by atoms with Gasteiger partial charge in [-0.3, -0.25) is 4.79 Å². The Hall–Kier alpha value is -1.70. The first-order valence-electron chi connectivity index (χ1n) is 5.10. The number of rotatable bonds is 3. The fourth-order valence-corrected chi connectivity index (χ4v) is 1.27. The summed E-state index contributed by atoms with van der Waals surface area (Å²) < 4.78 is 50.7. The molecule has 1 aromatic carbocycles. The number of alkyl halides is 3. The minimum Gasteiger partial charge on any atom is -0.393 e. The van der Waals surface area contributed by atoms with E-state index >= 15 is 0 Å². The number of hydrogen-bond donors (Lipinski definition) is 2. The number of nitrogens with two attached hydrogens (primary N) is 1. The summed E-state index contributed by atoms with van der Waals surface area (Å²) in [5.74, 6) is -2.66. The number of anilines is 1. The van der Waals surface area contributed by atoms with Gasteiger partial charge in [0.15, 0.2) is 0 Å². The van der Waals surface area contributed by atoms with Gasteiger partial charge in [0.05, 0.1) is 22.2 Å². The van der Waals surface area contributed by atoms with Crippen LogP contribution in [0.25, 0.3) is 0 Å². The van der Waals surface area contributed by atoms with E-state index in [2.05, 4.69) is 12.2 Å². The number of carbonyl (C=O) groups is 1. The van der Waals surface area contributed by atoms with Crippen molar-refractivity contribution in [3.8, 4) is 0 Å². The van der Waals surface area contributed by atoms with Crippen LogP contribution in [0.2, 0.25) is 0 Å². The number of nitrogens with one attached hydrogen (secondary N) is 1. The van der Waals surface area contributed by atoms with Gasteiger partial charge in [-0.15, -0.1) is 0 Å². The van der Waals surface area contributed by atoms with Crippen LogP contribution < -0.4 is 11.1 Å². The highest BCUT2D eigenvalue weighted by Crippen LogP contribution is 2.31. The lowest BCUT2D eigenvalue weighted by atomic mass is 10.1. The van der Waals surface area contributed by atoms with E-state index in [4.69, 9.17) is 5.73 Å². The zero-order valence-corrected chi connectivity index (χ0v) is 10.5. The predicted octanol–water partition coefficient (Wildman–Crippen LogP) is 2.71. The highest BCUT2D eigenvalue weighted by atomic mass is 32.1. The Morgan fingerprint density at radius 2 is 2.00 bits per heavy atom. The van der Waals surface area contributed by atoms with Crippen molar-refractivity contribution in [2.75, 3.05) is 5.32 Å². The maximum atomic E-state index is 13.3. The van der Waals surface area contributed by atoms with Gasteiger partial charge in [-0.05, 0) is 25.1 Å². The molecule has 1 atom stereocenters. The van der Waals surface area contributed by atoms with Crippen molar-refractivity contribution >= 4 is 28.8 Å². The fourth-order valence-electron chi connectivity index (χ4n) is 1.17. The molecule has 3 nitrogen and oxygen atoms in total. The quantitative estimate of drug-likeness (QED) is 0.665. The average molecular weight is 294 g/mol. The van der Waals surface area contributed by atoms with Crippen LogP contribution in [0.1, 0.15) is 12.5 Å². The van der Waals surface area contributed by atoms with Gasteiger partial charge < -0.3 is 11.1 Å². The SMILES string of the molecule is CC(C(=O)Nc1cc(C(F)(F)F)ccc1F)C(N)=S. The van der Waals surface area contributed by atoms with Gasteiger partial charge in [0.25, 0.3) is 0 Å². The molecule has 1 unspecified atom stereocenters. The molecule has 0 spiro atoms. The third-order valence-corrected chi connectivity index (χ3v) is 2.73. The van der Waals surface area contributed by atoms with Gasteiger partial charge in [0.1, 0.15) is 5.82 Å². The summed E-state index contributed by atoms with van der Waals surface area (Å²) in [5.41, 5.74) is 3.60. The summed E-state index contributed by atoms with van der Waals surface area (Å²) >= 11 is 4.57. The lowest BCUT2D eigenvalue weighted by molar-refractivity contribution is -0.137. The molecule has 0 bridgehead atoms. The topological polar surface area (TPSA) is 55.1 Å². The Morgan fingerprint density at radius 3 is 2.47 bits per heavy atom. The molecule has 0 fully saturated rings. The van der Waals surface area contributed by atoms with E-state index in [1.165, 1.54) is 6.92 Å². The molecule has 0 radical (unpaired) electrons. The van der Waals surface area contributed by atoms with Crippen LogP contribution >= 0.6 is 12.2 Å². The predicted molar refractivity (Wildman–Crippen MR) is 66.0 cm³/mol. The van der Waals surface area contributed by atoms with Crippen LogP contribution in [-0.2, 0) is 11.0 Å². The zero-order chi connectivity index (χ0) is 14.8. The molecule has 1 amide bonds. The summed E-state index contributed by atoms with van der Waals surface area (Å²) in [6.45, 7) is 1.36. The van der Waals surface area contributed by atoms with Crippen molar-refractivity contribution in [3.05, 3.63) is 29.6 Å². The Kier molecular flexibility index (Phi) is 4.46. The second-order valence-electron chi connectivity index (χ2n) is 3.81. The lowest BCUT2D eigenvalue weighted by Crippen LogP contribution is -2.31. The van der Waals surface area contributed by atoms with Crippen molar-refractivity contribution in [1.29, 1.82) is 0 Å². The largest absolute Gasteiger partial charge is 0.416 e. The zero-order valence-electron chi connectivity index (χ0n) is 9.72. The minimum atomic E-state index is -4.62. The summed E-state index contributed by atoms with van der Waals surface area (Å²) in [6, 6.07) is 1.73. The molecule has 0 aliphatic rings. The molecule has 104 valence electrons. The Morgan fingerprint density at radius 1 is 1.42 bits per heavy atom. The first-order chi connectivity index (χ1) is 8.62. The number of hydrogen-bond acceptors (Lipinski definition) is 2. The number of halogens is 4. The molecule has 1 rings (SSSR count). The Balaban J connectivity index is 3.01. The van der Waals surface area contributed by atoms with Crippen molar-refractivity contribution < 1.29 is 22.4 Å². The molecule has 0 aliphatic heterocycles. The van der Waals surface area contributed by atoms with E-state index < -0.39 is 35.1 Å². The van der Waals surface area contributed by atoms with Gasteiger partial charge in [-0.1, -0.05) is 12.2 Å². The molecule has 8 heteroatoms. The van der Waals surface area contributed by atoms with Gasteiger partial charge in [-0.25, -0.2) is 4.39 Å². The van der Waals surface area contributed by atoms with E-state index in [1.807, 2.05) is 5.32 Å². The molecule has 1 aromatic rings. The van der Waals surface area contributed by atoms with E-state index in [0.29, 0.717) is 18.2 Å². The van der Waals surface area contributed by atoms with Crippen molar-refractivity contribution in [1.82, 2.24) is 0 Å². The fraction of sp³-hybridized carbons (Fsp3) is 0.273. The molecular weight excluding hydrogens is 284 g/mol. The molecule has 0 saturated heterocycles. The first kappa shape index (κ1) is 15.4. The van der Waals surface area contributed by atoms with Gasteiger partial charge in [-0.2, -0.15) is 13.2 Å². The standard InChI is InChI=1S/C11H10F4N2OS/c1-5(9(16)19)10(18)17-8-4-6(11(13,14)15)2-3-7(8)12/h2-5H,1H3,(H2,16,19)(H,17,18). The third kappa shape index (κ3) is 3.88. The first-order valence-corrected chi connectivity index (χ1v) is 5.50. The number of thiocarbonyl (C=S) groups is 1. The Labute approximate surface area is 111 Å². The van der Waals surface area contributed by atoms with E-state index in [0.717, 1.165) is 0 Å². The third-order valence-electron chi connectivity index (χ3n) is 2.37. The van der Waals surface area contributed by atoms with Crippen molar-refractivity contribution in [3.63, 3.8) is 0 Å². The van der Waals surface area contributed by atoms with Crippen LogP contribution in [0, 0.1) is 11.7 Å². The van der Waals surface area contributed by atoms with E-state index in [1.54, 1.807) is 0 Å². The Bertz CT molecular complexity index is 516. The van der Waals surface area contributed by atoms with Crippen LogP contribution in [0.3, 0.4) is 0 Å². The van der Waals surface area contributed by atoms with Crippen LogP contribution in [0.4, 0.5) is 23.2 Å².